The van der Waals surface area contributed by atoms with E-state index in [9.17, 15) is 0 Å². The van der Waals surface area contributed by atoms with Crippen molar-refractivity contribution < 1.29 is 19.5 Å². The monoisotopic (exact) mass is 621 g/mol. The SMILES string of the molecule is [CH3-].[CH3-].[Rh+3].[c-]1c(-c2c([PH+](c3ccccc3)c3ccccc3)ccc3ccccc23)c2ccccc2c2ccccc12. The van der Waals surface area contributed by atoms with Crippen LogP contribution < -0.4 is 15.9 Å². The fraction of sp³-hybridized carbons (Fsp3) is 0. The van der Waals surface area contributed by atoms with E-state index in [2.05, 4.69) is 152 Å². The van der Waals surface area contributed by atoms with E-state index in [1.165, 1.54) is 54.0 Å². The molecule has 0 bridgehead atoms. The molecule has 196 valence electrons. The molecule has 0 nitrogen and oxygen atoms in total. The molecule has 0 aromatic heterocycles. The molecule has 0 spiro atoms. The molecular weight excluding hydrogens is 590 g/mol. The van der Waals surface area contributed by atoms with E-state index in [4.69, 9.17) is 0 Å². The number of benzene rings is 7. The molecule has 7 aromatic carbocycles. The second kappa shape index (κ2) is 12.7. The van der Waals surface area contributed by atoms with Gasteiger partial charge in [-0.15, -0.1) is 23.1 Å². The third kappa shape index (κ3) is 5.13. The van der Waals surface area contributed by atoms with E-state index in [0.29, 0.717) is 0 Å². The van der Waals surface area contributed by atoms with Crippen LogP contribution in [0.4, 0.5) is 0 Å². The van der Waals surface area contributed by atoms with E-state index in [-0.39, 0.29) is 34.3 Å². The molecule has 0 aliphatic rings. The van der Waals surface area contributed by atoms with E-state index in [1.54, 1.807) is 0 Å². The van der Waals surface area contributed by atoms with Gasteiger partial charge in [-0.25, -0.2) is 0 Å². The van der Waals surface area contributed by atoms with Crippen molar-refractivity contribution in [3.8, 4) is 11.1 Å². The van der Waals surface area contributed by atoms with E-state index < -0.39 is 7.92 Å². The molecule has 7 rings (SSSR count). The second-order valence-corrected chi connectivity index (χ2v) is 11.9. The summed E-state index contributed by atoms with van der Waals surface area (Å²) in [6, 6.07) is 56.9. The summed E-state index contributed by atoms with van der Waals surface area (Å²) in [7, 11) is -1.29. The molecule has 0 heterocycles. The summed E-state index contributed by atoms with van der Waals surface area (Å²) in [5, 5.41) is 11.7. The first kappa shape index (κ1) is 29.4. The van der Waals surface area contributed by atoms with Crippen LogP contribution in [-0.4, -0.2) is 0 Å². The van der Waals surface area contributed by atoms with Crippen LogP contribution in [0.15, 0.2) is 146 Å². The molecule has 0 saturated carbocycles. The zero-order chi connectivity index (χ0) is 24.6. The molecule has 0 unspecified atom stereocenters. The molecule has 0 radical (unpaired) electrons. The summed E-state index contributed by atoms with van der Waals surface area (Å²) >= 11 is 0. The average Bonchev–Trinajstić information content (AvgIpc) is 2.98. The topological polar surface area (TPSA) is 0 Å². The molecule has 0 saturated heterocycles. The second-order valence-electron chi connectivity index (χ2n) is 9.41. The maximum Gasteiger partial charge on any atom is 3.00 e. The first-order valence-electron chi connectivity index (χ1n) is 12.7. The Kier molecular flexibility index (Phi) is 9.32. The van der Waals surface area contributed by atoms with Crippen LogP contribution >= 0.6 is 7.92 Å². The minimum Gasteiger partial charge on any atom is -0.358 e. The molecular formula is C38H31PRh+. The first-order chi connectivity index (χ1) is 18.4. The van der Waals surface area contributed by atoms with Gasteiger partial charge >= 0.3 is 19.5 Å². The Morgan fingerprint density at radius 3 is 1.57 bits per heavy atom. The molecule has 40 heavy (non-hydrogen) atoms. The quantitative estimate of drug-likeness (QED) is 0.0797. The number of hydrogen-bond acceptors (Lipinski definition) is 0. The van der Waals surface area contributed by atoms with Crippen LogP contribution in [0.25, 0.3) is 43.4 Å². The van der Waals surface area contributed by atoms with Crippen LogP contribution in [-0.2, 0) is 19.5 Å². The minimum atomic E-state index is -1.29. The Morgan fingerprint density at radius 1 is 0.425 bits per heavy atom. The van der Waals surface area contributed by atoms with Crippen molar-refractivity contribution in [3.63, 3.8) is 0 Å². The summed E-state index contributed by atoms with van der Waals surface area (Å²) in [4.78, 5) is 0. The fourth-order valence-electron chi connectivity index (χ4n) is 5.60. The Bertz CT molecular complexity index is 1840. The third-order valence-corrected chi connectivity index (χ3v) is 10.0. The van der Waals surface area contributed by atoms with Crippen LogP contribution in [0.2, 0.25) is 0 Å². The average molecular weight is 622 g/mol. The molecule has 0 amide bonds. The van der Waals surface area contributed by atoms with Gasteiger partial charge in [0, 0.05) is 0 Å². The van der Waals surface area contributed by atoms with E-state index in [1.807, 2.05) is 0 Å². The molecule has 0 aliphatic heterocycles. The zero-order valence-electron chi connectivity index (χ0n) is 22.7. The van der Waals surface area contributed by atoms with Gasteiger partial charge in [-0.3, -0.25) is 0 Å². The normalized spacial score (nSPS) is 10.6. The van der Waals surface area contributed by atoms with Crippen LogP contribution in [0.1, 0.15) is 0 Å². The standard InChI is InChI=1S/C36H24P.2CH3.Rh/c1-3-15-28(16-4-1)37(29-17-5-2-6-18-29)35-24-23-26-13-7-10-20-31(26)36(35)34-25-27-14-8-9-19-30(27)32-21-11-12-22-33(32)34;;;/h1-24H;2*1H3;/q3*-1;+3/p+1. The predicted molar refractivity (Wildman–Crippen MR) is 176 cm³/mol. The summed E-state index contributed by atoms with van der Waals surface area (Å²) < 4.78 is 0. The van der Waals surface area contributed by atoms with Crippen molar-refractivity contribution in [3.05, 3.63) is 167 Å². The van der Waals surface area contributed by atoms with E-state index >= 15 is 0 Å². The maximum atomic E-state index is 3.89. The van der Waals surface area contributed by atoms with Gasteiger partial charge in [-0.1, -0.05) is 125 Å². The van der Waals surface area contributed by atoms with Crippen LogP contribution in [0, 0.1) is 20.9 Å². The van der Waals surface area contributed by atoms with Gasteiger partial charge in [-0.2, -0.15) is 0 Å². The van der Waals surface area contributed by atoms with Crippen molar-refractivity contribution in [1.29, 1.82) is 0 Å². The third-order valence-electron chi connectivity index (χ3n) is 7.25. The Balaban J connectivity index is 0.00000123. The minimum absolute atomic E-state index is 0. The van der Waals surface area contributed by atoms with Crippen LogP contribution in [0.5, 0.6) is 0 Å². The van der Waals surface area contributed by atoms with Gasteiger partial charge in [0.15, 0.2) is 0 Å². The molecule has 0 N–H and O–H groups in total. The Labute approximate surface area is 252 Å². The van der Waals surface area contributed by atoms with Gasteiger partial charge in [0.2, 0.25) is 0 Å². The van der Waals surface area contributed by atoms with Gasteiger partial charge < -0.3 is 14.9 Å². The molecule has 0 fully saturated rings. The van der Waals surface area contributed by atoms with Crippen molar-refractivity contribution >= 4 is 56.2 Å². The number of rotatable bonds is 4. The van der Waals surface area contributed by atoms with Crippen LogP contribution in [0.3, 0.4) is 0 Å². The molecule has 7 aromatic rings. The predicted octanol–water partition coefficient (Wildman–Crippen LogP) is 9.00. The van der Waals surface area contributed by atoms with Gasteiger partial charge in [0.05, 0.1) is 13.2 Å². The van der Waals surface area contributed by atoms with Crippen molar-refractivity contribution in [2.24, 2.45) is 0 Å². The number of fused-ring (bicyclic) bond motifs is 4. The number of hydrogen-bond donors (Lipinski definition) is 0. The van der Waals surface area contributed by atoms with Crippen molar-refractivity contribution in [1.82, 2.24) is 0 Å². The Hall–Kier alpha value is -3.63. The summed E-state index contributed by atoms with van der Waals surface area (Å²) in [6.07, 6.45) is 0. The first-order valence-corrected chi connectivity index (χ1v) is 14.2. The molecule has 0 atom stereocenters. The van der Waals surface area contributed by atoms with Gasteiger partial charge in [0.25, 0.3) is 0 Å². The summed E-state index contributed by atoms with van der Waals surface area (Å²) in [5.41, 5.74) is 2.50. The Morgan fingerprint density at radius 2 is 0.925 bits per heavy atom. The van der Waals surface area contributed by atoms with Gasteiger partial charge in [0.1, 0.15) is 10.6 Å². The molecule has 0 aliphatic carbocycles. The van der Waals surface area contributed by atoms with E-state index in [0.717, 1.165) is 5.39 Å². The van der Waals surface area contributed by atoms with Crippen molar-refractivity contribution in [2.75, 3.05) is 0 Å². The fourth-order valence-corrected chi connectivity index (χ4v) is 8.37. The van der Waals surface area contributed by atoms with Gasteiger partial charge in [-0.05, 0) is 46.7 Å². The maximum absolute atomic E-state index is 3.89. The summed E-state index contributed by atoms with van der Waals surface area (Å²) in [5.74, 6) is 0. The smallest absolute Gasteiger partial charge is 0.358 e. The summed E-state index contributed by atoms with van der Waals surface area (Å²) in [6.45, 7) is 0. The van der Waals surface area contributed by atoms with Crippen molar-refractivity contribution in [2.45, 2.75) is 0 Å². The molecule has 2 heteroatoms. The zero-order valence-corrected chi connectivity index (χ0v) is 25.3. The largest absolute Gasteiger partial charge is 3.00 e.